The highest BCUT2D eigenvalue weighted by Crippen LogP contribution is 2.16. The average Bonchev–Trinajstić information content (AvgIpc) is 1.54. The second-order valence-electron chi connectivity index (χ2n) is 2.91. The Kier molecular flexibility index (Phi) is 2.48. The van der Waals surface area contributed by atoms with Crippen LogP contribution in [0.2, 0.25) is 26.2 Å². The Morgan fingerprint density at radius 2 is 1.40 bits per heavy atom. The van der Waals surface area contributed by atoms with Crippen LogP contribution in [0.1, 0.15) is 0 Å². The lowest BCUT2D eigenvalue weighted by atomic mass is 11.9. The lowest BCUT2D eigenvalue weighted by molar-refractivity contribution is 0.274. The zero-order chi connectivity index (χ0) is 7.78. The summed E-state index contributed by atoms with van der Waals surface area (Å²) in [7, 11) is -4.28. The summed E-state index contributed by atoms with van der Waals surface area (Å²) in [6.45, 7) is 8.31. The highest BCUT2D eigenvalue weighted by Gasteiger charge is 2.36. The van der Waals surface area contributed by atoms with Crippen LogP contribution in [0.5, 0.6) is 0 Å². The van der Waals surface area contributed by atoms with Crippen molar-refractivity contribution in [3.63, 3.8) is 0 Å². The maximum absolute atomic E-state index is 5.61. The zero-order valence-corrected chi connectivity index (χ0v) is 10.2. The molecule has 10 heavy (non-hydrogen) atoms. The molecule has 1 fully saturated rings. The number of hydrogen-bond acceptors (Lipinski definition) is 3. The van der Waals surface area contributed by atoms with E-state index in [0.29, 0.717) is 0 Å². The van der Waals surface area contributed by atoms with Gasteiger partial charge in [-0.15, -0.1) is 0 Å². The van der Waals surface area contributed by atoms with Gasteiger partial charge in [-0.2, -0.15) is 0 Å². The van der Waals surface area contributed by atoms with Gasteiger partial charge in [-0.25, -0.2) is 0 Å². The van der Waals surface area contributed by atoms with Crippen molar-refractivity contribution >= 4 is 27.1 Å². The van der Waals surface area contributed by atoms with Crippen LogP contribution in [-0.4, -0.2) is 27.1 Å². The fourth-order valence-corrected chi connectivity index (χ4v) is 11.9. The van der Waals surface area contributed by atoms with E-state index in [1.165, 1.54) is 0 Å². The van der Waals surface area contributed by atoms with Crippen LogP contribution in [0.4, 0.5) is 0 Å². The van der Waals surface area contributed by atoms with E-state index in [1.807, 2.05) is 0 Å². The number of rotatable bonds is 0. The van der Waals surface area contributed by atoms with E-state index in [2.05, 4.69) is 26.2 Å². The molecule has 2 unspecified atom stereocenters. The largest absolute Gasteiger partial charge is 0.420 e. The van der Waals surface area contributed by atoms with Crippen LogP contribution in [0.25, 0.3) is 0 Å². The molecule has 0 N–H and O–H groups in total. The molecule has 0 aromatic heterocycles. The first-order valence-corrected chi connectivity index (χ1v) is 10.5. The van der Waals surface area contributed by atoms with Gasteiger partial charge in [0.25, 0.3) is 18.6 Å². The fourth-order valence-electron chi connectivity index (χ4n) is 1.15. The van der Waals surface area contributed by atoms with Crippen LogP contribution < -0.4 is 0 Å². The van der Waals surface area contributed by atoms with E-state index in [4.69, 9.17) is 12.3 Å². The summed E-state index contributed by atoms with van der Waals surface area (Å²) in [6.07, 6.45) is 0. The van der Waals surface area contributed by atoms with E-state index in [9.17, 15) is 0 Å². The molecule has 1 heterocycles. The molecule has 0 bridgehead atoms. The van der Waals surface area contributed by atoms with Crippen molar-refractivity contribution in [2.45, 2.75) is 26.2 Å². The highest BCUT2D eigenvalue weighted by atomic mass is 28.5. The van der Waals surface area contributed by atoms with Crippen LogP contribution in [0.3, 0.4) is 0 Å². The summed E-state index contributed by atoms with van der Waals surface area (Å²) in [4.78, 5) is 0. The molecule has 0 amide bonds. The molecule has 1 aliphatic rings. The maximum Gasteiger partial charge on any atom is 0.313 e. The third kappa shape index (κ3) is 2.29. The average molecular weight is 194 g/mol. The van der Waals surface area contributed by atoms with Gasteiger partial charge < -0.3 is 12.3 Å². The third-order valence-electron chi connectivity index (χ3n) is 1.28. The fraction of sp³-hybridized carbons (Fsp3) is 1.00. The van der Waals surface area contributed by atoms with Crippen molar-refractivity contribution in [2.24, 2.45) is 0 Å². The minimum Gasteiger partial charge on any atom is -0.420 e. The molecule has 0 saturated carbocycles. The SMILES string of the molecule is C[SiH]1O[SiH](C)O[Si](C)(C)O1. The quantitative estimate of drug-likeness (QED) is 0.524. The first-order valence-electron chi connectivity index (χ1n) is 3.51. The molecule has 1 saturated heterocycles. The molecule has 0 aromatic carbocycles. The molecule has 1 aliphatic heterocycles. The summed E-state index contributed by atoms with van der Waals surface area (Å²) in [5, 5.41) is 0. The first kappa shape index (κ1) is 8.63. The van der Waals surface area contributed by atoms with Crippen LogP contribution in [0.15, 0.2) is 0 Å². The van der Waals surface area contributed by atoms with E-state index < -0.39 is 27.1 Å². The molecule has 0 aromatic rings. The Balaban J connectivity index is 2.51. The van der Waals surface area contributed by atoms with Gasteiger partial charge in [0.15, 0.2) is 0 Å². The first-order chi connectivity index (χ1) is 4.49. The Hall–Kier alpha value is 0.531. The van der Waals surface area contributed by atoms with Crippen molar-refractivity contribution in [2.75, 3.05) is 0 Å². The summed E-state index contributed by atoms with van der Waals surface area (Å²) >= 11 is 0. The monoisotopic (exact) mass is 194 g/mol. The van der Waals surface area contributed by atoms with Crippen LogP contribution >= 0.6 is 0 Å². The Morgan fingerprint density at radius 3 is 1.70 bits per heavy atom. The van der Waals surface area contributed by atoms with Gasteiger partial charge in [0.05, 0.1) is 0 Å². The van der Waals surface area contributed by atoms with Crippen molar-refractivity contribution in [1.29, 1.82) is 0 Å². The van der Waals surface area contributed by atoms with E-state index in [-0.39, 0.29) is 0 Å². The molecule has 0 radical (unpaired) electrons. The van der Waals surface area contributed by atoms with Gasteiger partial charge in [-0.05, 0) is 26.2 Å². The van der Waals surface area contributed by atoms with Crippen LogP contribution in [0, 0.1) is 0 Å². The van der Waals surface area contributed by atoms with Crippen LogP contribution in [-0.2, 0) is 12.3 Å². The van der Waals surface area contributed by atoms with Gasteiger partial charge in [0.1, 0.15) is 0 Å². The van der Waals surface area contributed by atoms with E-state index >= 15 is 0 Å². The second kappa shape index (κ2) is 2.88. The van der Waals surface area contributed by atoms with Gasteiger partial charge in [0, 0.05) is 0 Å². The summed E-state index contributed by atoms with van der Waals surface area (Å²) in [6, 6.07) is 0. The van der Waals surface area contributed by atoms with Gasteiger partial charge in [0.2, 0.25) is 0 Å². The topological polar surface area (TPSA) is 27.7 Å². The zero-order valence-electron chi connectivity index (χ0n) is 6.88. The van der Waals surface area contributed by atoms with Gasteiger partial charge in [-0.1, -0.05) is 0 Å². The Bertz CT molecular complexity index is 117. The molecule has 1 rings (SSSR count). The maximum atomic E-state index is 5.61. The molecule has 60 valence electrons. The third-order valence-corrected chi connectivity index (χ3v) is 11.5. The predicted octanol–water partition coefficient (Wildman–Crippen LogP) is 0.452. The Morgan fingerprint density at radius 1 is 1.00 bits per heavy atom. The molecular formula is C4H14O3Si3. The van der Waals surface area contributed by atoms with Crippen molar-refractivity contribution < 1.29 is 12.3 Å². The molecule has 2 atom stereocenters. The normalized spacial score (nSPS) is 39.6. The minimum atomic E-state index is -1.72. The molecule has 6 heteroatoms. The van der Waals surface area contributed by atoms with E-state index in [1.54, 1.807) is 0 Å². The Labute approximate surface area is 66.2 Å². The van der Waals surface area contributed by atoms with Crippen molar-refractivity contribution in [3.8, 4) is 0 Å². The predicted molar refractivity (Wildman–Crippen MR) is 46.8 cm³/mol. The molecule has 3 nitrogen and oxygen atoms in total. The van der Waals surface area contributed by atoms with Crippen molar-refractivity contribution in [3.05, 3.63) is 0 Å². The standard InChI is InChI=1S/C4H14O3Si3/c1-8-5-9(2)7-10(3,4)6-8/h8-9H,1-4H3. The van der Waals surface area contributed by atoms with E-state index in [0.717, 1.165) is 0 Å². The summed E-state index contributed by atoms with van der Waals surface area (Å²) in [5.74, 6) is 0. The van der Waals surface area contributed by atoms with Gasteiger partial charge in [-0.3, -0.25) is 0 Å². The van der Waals surface area contributed by atoms with Gasteiger partial charge >= 0.3 is 8.56 Å². The highest BCUT2D eigenvalue weighted by molar-refractivity contribution is 6.81. The second-order valence-corrected chi connectivity index (χ2v) is 11.0. The summed E-state index contributed by atoms with van der Waals surface area (Å²) in [5.41, 5.74) is 0. The smallest absolute Gasteiger partial charge is 0.313 e. The summed E-state index contributed by atoms with van der Waals surface area (Å²) < 4.78 is 16.7. The number of hydrogen-bond donors (Lipinski definition) is 0. The molecule has 0 aliphatic carbocycles. The minimum absolute atomic E-state index is 1.28. The lowest BCUT2D eigenvalue weighted by Crippen LogP contribution is -2.52. The lowest BCUT2D eigenvalue weighted by Gasteiger charge is -2.36. The molecule has 0 spiro atoms. The van der Waals surface area contributed by atoms with Crippen molar-refractivity contribution in [1.82, 2.24) is 0 Å². The molecular weight excluding hydrogens is 180 g/mol.